The Morgan fingerprint density at radius 3 is 2.46 bits per heavy atom. The lowest BCUT2D eigenvalue weighted by Crippen LogP contribution is -2.48. The average Bonchev–Trinajstić information content (AvgIpc) is 3.35. The fraction of sp³-hybridized carbons (Fsp3) is 0.286. The molecule has 180 valence electrons. The Morgan fingerprint density at radius 1 is 0.943 bits per heavy atom. The Hall–Kier alpha value is -3.42. The van der Waals surface area contributed by atoms with Gasteiger partial charge < -0.3 is 15.0 Å². The highest BCUT2D eigenvalue weighted by atomic mass is 32.1. The van der Waals surface area contributed by atoms with Crippen LogP contribution in [0, 0.1) is 13.8 Å². The predicted molar refractivity (Wildman–Crippen MR) is 143 cm³/mol. The van der Waals surface area contributed by atoms with Crippen molar-refractivity contribution in [1.29, 1.82) is 0 Å². The number of aryl methyl sites for hydroxylation is 2. The van der Waals surface area contributed by atoms with Crippen LogP contribution in [-0.2, 0) is 0 Å². The van der Waals surface area contributed by atoms with Crippen molar-refractivity contribution in [2.45, 2.75) is 13.8 Å². The van der Waals surface area contributed by atoms with Crippen LogP contribution in [0.15, 0.2) is 66.7 Å². The van der Waals surface area contributed by atoms with Crippen LogP contribution < -0.4 is 15.0 Å². The van der Waals surface area contributed by atoms with Gasteiger partial charge in [0, 0.05) is 44.8 Å². The number of rotatable bonds is 7. The van der Waals surface area contributed by atoms with Crippen molar-refractivity contribution in [1.82, 2.24) is 15.2 Å². The molecular weight excluding hydrogens is 456 g/mol. The number of benzene rings is 3. The second-order valence-electron chi connectivity index (χ2n) is 8.90. The van der Waals surface area contributed by atoms with Gasteiger partial charge in [-0.1, -0.05) is 47.7 Å². The summed E-state index contributed by atoms with van der Waals surface area (Å²) in [5.74, 6) is 1.32. The van der Waals surface area contributed by atoms with Gasteiger partial charge in [-0.05, 0) is 55.3 Å². The lowest BCUT2D eigenvalue weighted by molar-refractivity contribution is 0.0947. The van der Waals surface area contributed by atoms with E-state index in [-0.39, 0.29) is 5.91 Å². The summed E-state index contributed by atoms with van der Waals surface area (Å²) in [4.78, 5) is 22.4. The Bertz CT molecular complexity index is 1270. The van der Waals surface area contributed by atoms with Crippen molar-refractivity contribution in [3.05, 3.63) is 83.4 Å². The van der Waals surface area contributed by atoms with E-state index in [1.165, 1.54) is 15.8 Å². The highest BCUT2D eigenvalue weighted by molar-refractivity contribution is 7.22. The third-order valence-electron chi connectivity index (χ3n) is 6.36. The van der Waals surface area contributed by atoms with Crippen LogP contribution in [0.3, 0.4) is 0 Å². The Kier molecular flexibility index (Phi) is 6.97. The van der Waals surface area contributed by atoms with E-state index in [9.17, 15) is 4.79 Å². The smallest absolute Gasteiger partial charge is 0.251 e. The Morgan fingerprint density at radius 2 is 1.69 bits per heavy atom. The summed E-state index contributed by atoms with van der Waals surface area (Å²) in [6.07, 6.45) is 0. The molecule has 1 saturated heterocycles. The molecule has 0 unspecified atom stereocenters. The van der Waals surface area contributed by atoms with Gasteiger partial charge in [0.15, 0.2) is 5.13 Å². The van der Waals surface area contributed by atoms with Crippen molar-refractivity contribution in [3.63, 3.8) is 0 Å². The number of aromatic nitrogens is 1. The fourth-order valence-electron chi connectivity index (χ4n) is 4.30. The number of ether oxygens (including phenoxy) is 1. The van der Waals surface area contributed by atoms with Crippen LogP contribution in [0.5, 0.6) is 11.5 Å². The summed E-state index contributed by atoms with van der Waals surface area (Å²) in [6, 6.07) is 21.2. The first-order valence-electron chi connectivity index (χ1n) is 12.0. The number of hydrogen-bond acceptors (Lipinski definition) is 6. The van der Waals surface area contributed by atoms with Gasteiger partial charge in [-0.2, -0.15) is 0 Å². The number of nitrogens with zero attached hydrogens (tertiary/aromatic N) is 3. The van der Waals surface area contributed by atoms with Crippen LogP contribution in [-0.4, -0.2) is 55.1 Å². The lowest BCUT2D eigenvalue weighted by Gasteiger charge is -2.34. The lowest BCUT2D eigenvalue weighted by atomic mass is 10.1. The summed E-state index contributed by atoms with van der Waals surface area (Å²) in [5.41, 5.74) is 4.26. The Labute approximate surface area is 210 Å². The molecule has 0 aliphatic carbocycles. The van der Waals surface area contributed by atoms with Crippen LogP contribution in [0.1, 0.15) is 21.5 Å². The molecule has 0 spiro atoms. The fourth-order valence-corrected chi connectivity index (χ4v) is 5.46. The maximum Gasteiger partial charge on any atom is 0.251 e. The van der Waals surface area contributed by atoms with Crippen LogP contribution in [0.4, 0.5) is 5.13 Å². The second kappa shape index (κ2) is 10.5. The molecule has 35 heavy (non-hydrogen) atoms. The Balaban J connectivity index is 1.10. The molecule has 0 radical (unpaired) electrons. The van der Waals surface area contributed by atoms with Crippen molar-refractivity contribution >= 4 is 32.6 Å². The SMILES string of the molecule is Cc1ccc(C)c2sc(N3CCN(CCNC(=O)c4cccc(Oc5ccccc5)c4)CC3)nc12. The number of carbonyl (C=O) groups excluding carboxylic acids is 1. The molecule has 2 heterocycles. The van der Waals surface area contributed by atoms with Crippen molar-refractivity contribution in [3.8, 4) is 11.5 Å². The zero-order valence-electron chi connectivity index (χ0n) is 20.2. The van der Waals surface area contributed by atoms with E-state index in [0.717, 1.165) is 49.1 Å². The molecule has 1 N–H and O–H groups in total. The normalized spacial score (nSPS) is 14.3. The number of thiazole rings is 1. The maximum absolute atomic E-state index is 12.7. The maximum atomic E-state index is 12.7. The number of piperazine rings is 1. The number of carbonyl (C=O) groups is 1. The van der Waals surface area contributed by atoms with Crippen LogP contribution in [0.25, 0.3) is 10.2 Å². The minimum Gasteiger partial charge on any atom is -0.457 e. The molecule has 1 aliphatic heterocycles. The average molecular weight is 487 g/mol. The van der Waals surface area contributed by atoms with Gasteiger partial charge >= 0.3 is 0 Å². The second-order valence-corrected chi connectivity index (χ2v) is 9.88. The molecule has 3 aromatic carbocycles. The van der Waals surface area contributed by atoms with E-state index in [1.54, 1.807) is 17.4 Å². The van der Waals surface area contributed by atoms with E-state index >= 15 is 0 Å². The van der Waals surface area contributed by atoms with Gasteiger partial charge in [0.2, 0.25) is 0 Å². The first-order chi connectivity index (χ1) is 17.1. The van der Waals surface area contributed by atoms with Crippen LogP contribution in [0.2, 0.25) is 0 Å². The zero-order valence-corrected chi connectivity index (χ0v) is 21.0. The van der Waals surface area contributed by atoms with E-state index in [1.807, 2.05) is 48.5 Å². The summed E-state index contributed by atoms with van der Waals surface area (Å²) in [5, 5.41) is 4.16. The van der Waals surface area contributed by atoms with Crippen molar-refractivity contribution in [2.24, 2.45) is 0 Å². The quantitative estimate of drug-likeness (QED) is 0.386. The molecule has 1 aliphatic rings. The number of anilines is 1. The summed E-state index contributed by atoms with van der Waals surface area (Å²) >= 11 is 1.80. The summed E-state index contributed by atoms with van der Waals surface area (Å²) < 4.78 is 7.15. The molecule has 6 nitrogen and oxygen atoms in total. The van der Waals surface area contributed by atoms with Crippen molar-refractivity contribution < 1.29 is 9.53 Å². The third kappa shape index (κ3) is 5.47. The van der Waals surface area contributed by atoms with E-state index in [0.29, 0.717) is 17.9 Å². The van der Waals surface area contributed by atoms with E-state index in [4.69, 9.17) is 9.72 Å². The number of hydrogen-bond donors (Lipinski definition) is 1. The minimum absolute atomic E-state index is 0.0811. The number of fused-ring (bicyclic) bond motifs is 1. The highest BCUT2D eigenvalue weighted by Gasteiger charge is 2.20. The van der Waals surface area contributed by atoms with Gasteiger partial charge in [-0.25, -0.2) is 4.98 Å². The molecule has 0 bridgehead atoms. The topological polar surface area (TPSA) is 57.7 Å². The molecular formula is C28H30N4O2S. The first-order valence-corrected chi connectivity index (χ1v) is 12.8. The largest absolute Gasteiger partial charge is 0.457 e. The van der Waals surface area contributed by atoms with Gasteiger partial charge in [0.25, 0.3) is 5.91 Å². The highest BCUT2D eigenvalue weighted by Crippen LogP contribution is 2.33. The molecule has 0 atom stereocenters. The third-order valence-corrected chi connectivity index (χ3v) is 7.61. The minimum atomic E-state index is -0.0811. The molecule has 1 aromatic heterocycles. The van der Waals surface area contributed by atoms with Crippen LogP contribution >= 0.6 is 11.3 Å². The molecule has 5 rings (SSSR count). The predicted octanol–water partition coefficient (Wildman–Crippen LogP) is 5.26. The zero-order chi connectivity index (χ0) is 24.2. The molecule has 1 fully saturated rings. The van der Waals surface area contributed by atoms with E-state index in [2.05, 4.69) is 41.1 Å². The van der Waals surface area contributed by atoms with Crippen molar-refractivity contribution in [2.75, 3.05) is 44.2 Å². The molecule has 7 heteroatoms. The van der Waals surface area contributed by atoms with Gasteiger partial charge in [-0.3, -0.25) is 9.69 Å². The number of para-hydroxylation sites is 1. The van der Waals surface area contributed by atoms with Gasteiger partial charge in [-0.15, -0.1) is 0 Å². The van der Waals surface area contributed by atoms with E-state index < -0.39 is 0 Å². The number of nitrogens with one attached hydrogen (secondary N) is 1. The number of amides is 1. The first kappa shape index (κ1) is 23.3. The molecule has 1 amide bonds. The standard InChI is InChI=1S/C28H30N4O2S/c1-20-11-12-21(2)26-25(20)30-28(35-26)32-17-15-31(16-18-32)14-13-29-27(33)22-7-6-10-24(19-22)34-23-8-4-3-5-9-23/h3-12,19H,13-18H2,1-2H3,(H,29,33). The summed E-state index contributed by atoms with van der Waals surface area (Å²) in [6.45, 7) is 9.55. The van der Waals surface area contributed by atoms with Gasteiger partial charge in [0.1, 0.15) is 11.5 Å². The molecule has 0 saturated carbocycles. The summed E-state index contributed by atoms with van der Waals surface area (Å²) in [7, 11) is 0. The molecule has 4 aromatic rings. The van der Waals surface area contributed by atoms with Gasteiger partial charge in [0.05, 0.1) is 10.2 Å². The monoisotopic (exact) mass is 486 g/mol.